The Balaban J connectivity index is 1.39. The zero-order valence-electron chi connectivity index (χ0n) is 13.2. The standard InChI is InChI=1S/C17H23NO4S/c19-17(13-3-6-23-11-13)18-7-16(14-9-21-10-15(14)18)22-8-12-1-4-20-5-2-12/h3,6,11-12,14-16H,1-2,4-5,7-10H2/t14-,15+,16-/m1/s1. The van der Waals surface area contributed by atoms with Crippen LogP contribution < -0.4 is 0 Å². The van der Waals surface area contributed by atoms with E-state index in [1.807, 2.05) is 21.7 Å². The van der Waals surface area contributed by atoms with Gasteiger partial charge < -0.3 is 19.1 Å². The lowest BCUT2D eigenvalue weighted by Gasteiger charge is -2.25. The first-order valence-corrected chi connectivity index (χ1v) is 9.37. The van der Waals surface area contributed by atoms with Crippen LogP contribution in [0.4, 0.5) is 0 Å². The normalized spacial score (nSPS) is 31.5. The van der Waals surface area contributed by atoms with Crippen molar-refractivity contribution in [1.29, 1.82) is 0 Å². The molecular formula is C17H23NO4S. The molecule has 6 heteroatoms. The minimum absolute atomic E-state index is 0.105. The molecule has 4 heterocycles. The molecular weight excluding hydrogens is 314 g/mol. The molecule has 23 heavy (non-hydrogen) atoms. The van der Waals surface area contributed by atoms with Crippen molar-refractivity contribution < 1.29 is 19.0 Å². The van der Waals surface area contributed by atoms with Gasteiger partial charge in [-0.1, -0.05) is 0 Å². The minimum Gasteiger partial charge on any atom is -0.381 e. The number of hydrogen-bond acceptors (Lipinski definition) is 5. The van der Waals surface area contributed by atoms with Crippen LogP contribution >= 0.6 is 11.3 Å². The maximum Gasteiger partial charge on any atom is 0.255 e. The van der Waals surface area contributed by atoms with Crippen LogP contribution in [0.1, 0.15) is 23.2 Å². The van der Waals surface area contributed by atoms with Crippen LogP contribution in [-0.4, -0.2) is 62.5 Å². The summed E-state index contributed by atoms with van der Waals surface area (Å²) in [6, 6.07) is 2.07. The van der Waals surface area contributed by atoms with Crippen molar-refractivity contribution in [3.63, 3.8) is 0 Å². The molecule has 5 nitrogen and oxygen atoms in total. The summed E-state index contributed by atoms with van der Waals surface area (Å²) in [5.74, 6) is 1.02. The molecule has 0 spiro atoms. The Kier molecular flexibility index (Phi) is 4.66. The average molecular weight is 337 g/mol. The molecule has 0 unspecified atom stereocenters. The van der Waals surface area contributed by atoms with E-state index in [2.05, 4.69) is 0 Å². The van der Waals surface area contributed by atoms with Gasteiger partial charge in [0.1, 0.15) is 0 Å². The number of amides is 1. The molecule has 3 aliphatic rings. The molecule has 126 valence electrons. The first kappa shape index (κ1) is 15.6. The van der Waals surface area contributed by atoms with Crippen LogP contribution in [-0.2, 0) is 14.2 Å². The Morgan fingerprint density at radius 3 is 2.96 bits per heavy atom. The highest BCUT2D eigenvalue weighted by Gasteiger charge is 2.48. The zero-order valence-corrected chi connectivity index (χ0v) is 14.0. The van der Waals surface area contributed by atoms with E-state index in [-0.39, 0.29) is 18.1 Å². The van der Waals surface area contributed by atoms with E-state index in [0.717, 1.165) is 38.2 Å². The summed E-state index contributed by atoms with van der Waals surface area (Å²) in [5.41, 5.74) is 0.783. The molecule has 3 atom stereocenters. The van der Waals surface area contributed by atoms with Gasteiger partial charge in [-0.2, -0.15) is 11.3 Å². The van der Waals surface area contributed by atoms with Gasteiger partial charge in [0.2, 0.25) is 0 Å². The van der Waals surface area contributed by atoms with Crippen LogP contribution in [0.3, 0.4) is 0 Å². The Hall–Kier alpha value is -0.950. The van der Waals surface area contributed by atoms with Gasteiger partial charge >= 0.3 is 0 Å². The van der Waals surface area contributed by atoms with E-state index in [0.29, 0.717) is 31.6 Å². The highest BCUT2D eigenvalue weighted by Crippen LogP contribution is 2.34. The molecule has 1 aromatic heterocycles. The fourth-order valence-corrected chi connectivity index (χ4v) is 4.46. The van der Waals surface area contributed by atoms with Gasteiger partial charge in [0, 0.05) is 31.1 Å². The van der Waals surface area contributed by atoms with Gasteiger partial charge in [-0.15, -0.1) is 0 Å². The lowest BCUT2D eigenvalue weighted by atomic mass is 10.00. The number of hydrogen-bond donors (Lipinski definition) is 0. The summed E-state index contributed by atoms with van der Waals surface area (Å²) in [6.07, 6.45) is 2.26. The Bertz CT molecular complexity index is 529. The van der Waals surface area contributed by atoms with Gasteiger partial charge in [-0.25, -0.2) is 0 Å². The second-order valence-corrected chi connectivity index (χ2v) is 7.45. The lowest BCUT2D eigenvalue weighted by molar-refractivity contribution is -0.0251. The molecule has 3 saturated heterocycles. The highest BCUT2D eigenvalue weighted by molar-refractivity contribution is 7.08. The zero-order chi connectivity index (χ0) is 15.6. The summed E-state index contributed by atoms with van der Waals surface area (Å²) in [7, 11) is 0. The fourth-order valence-electron chi connectivity index (χ4n) is 3.83. The van der Waals surface area contributed by atoms with E-state index in [1.54, 1.807) is 11.3 Å². The van der Waals surface area contributed by atoms with Gasteiger partial charge in [-0.3, -0.25) is 4.79 Å². The van der Waals surface area contributed by atoms with Crippen LogP contribution in [0.2, 0.25) is 0 Å². The molecule has 1 aromatic rings. The second-order valence-electron chi connectivity index (χ2n) is 6.67. The van der Waals surface area contributed by atoms with Crippen molar-refractivity contribution in [2.24, 2.45) is 11.8 Å². The van der Waals surface area contributed by atoms with Crippen LogP contribution in [0.25, 0.3) is 0 Å². The number of ether oxygens (including phenoxy) is 3. The summed E-state index contributed by atoms with van der Waals surface area (Å²) in [4.78, 5) is 14.7. The number of likely N-dealkylation sites (tertiary alicyclic amines) is 1. The van der Waals surface area contributed by atoms with Crippen molar-refractivity contribution in [3.05, 3.63) is 22.4 Å². The average Bonchev–Trinajstić information content (AvgIpc) is 3.31. The number of rotatable bonds is 4. The van der Waals surface area contributed by atoms with E-state index < -0.39 is 0 Å². The number of thiophene rings is 1. The van der Waals surface area contributed by atoms with Gasteiger partial charge in [0.25, 0.3) is 5.91 Å². The van der Waals surface area contributed by atoms with Crippen molar-refractivity contribution in [1.82, 2.24) is 4.90 Å². The van der Waals surface area contributed by atoms with E-state index in [1.165, 1.54) is 0 Å². The highest BCUT2D eigenvalue weighted by atomic mass is 32.1. The summed E-state index contributed by atoms with van der Waals surface area (Å²) >= 11 is 1.56. The molecule has 0 saturated carbocycles. The third-order valence-electron chi connectivity index (χ3n) is 5.26. The molecule has 1 amide bonds. The van der Waals surface area contributed by atoms with Crippen LogP contribution in [0.5, 0.6) is 0 Å². The number of carbonyl (C=O) groups is 1. The fraction of sp³-hybridized carbons (Fsp3) is 0.706. The molecule has 3 aliphatic heterocycles. The Morgan fingerprint density at radius 2 is 2.17 bits per heavy atom. The summed E-state index contributed by atoms with van der Waals surface area (Å²) in [5, 5.41) is 3.87. The van der Waals surface area contributed by atoms with Crippen LogP contribution in [0.15, 0.2) is 16.8 Å². The predicted octanol–water partition coefficient (Wildman–Crippen LogP) is 2.03. The minimum atomic E-state index is 0.105. The largest absolute Gasteiger partial charge is 0.381 e. The number of fused-ring (bicyclic) bond motifs is 1. The third kappa shape index (κ3) is 3.18. The first-order valence-electron chi connectivity index (χ1n) is 8.43. The maximum absolute atomic E-state index is 12.7. The predicted molar refractivity (Wildman–Crippen MR) is 86.7 cm³/mol. The molecule has 0 radical (unpaired) electrons. The molecule has 0 aliphatic carbocycles. The molecule has 3 fully saturated rings. The van der Waals surface area contributed by atoms with E-state index in [9.17, 15) is 4.79 Å². The molecule has 4 rings (SSSR count). The first-order chi connectivity index (χ1) is 11.3. The number of nitrogens with zero attached hydrogens (tertiary/aromatic N) is 1. The lowest BCUT2D eigenvalue weighted by Crippen LogP contribution is -2.38. The smallest absolute Gasteiger partial charge is 0.255 e. The van der Waals surface area contributed by atoms with Gasteiger partial charge in [0.05, 0.1) is 37.5 Å². The quantitative estimate of drug-likeness (QED) is 0.843. The Labute approximate surface area is 140 Å². The van der Waals surface area contributed by atoms with Crippen molar-refractivity contribution in [2.75, 3.05) is 39.6 Å². The summed E-state index contributed by atoms with van der Waals surface area (Å²) in [6.45, 7) is 4.50. The monoisotopic (exact) mass is 337 g/mol. The second kappa shape index (κ2) is 6.89. The molecule has 0 aromatic carbocycles. The van der Waals surface area contributed by atoms with E-state index >= 15 is 0 Å². The summed E-state index contributed by atoms with van der Waals surface area (Å²) < 4.78 is 17.3. The topological polar surface area (TPSA) is 48.0 Å². The number of carbonyl (C=O) groups excluding carboxylic acids is 1. The van der Waals surface area contributed by atoms with Crippen molar-refractivity contribution in [3.8, 4) is 0 Å². The van der Waals surface area contributed by atoms with E-state index in [4.69, 9.17) is 14.2 Å². The van der Waals surface area contributed by atoms with Gasteiger partial charge in [-0.05, 0) is 30.2 Å². The third-order valence-corrected chi connectivity index (χ3v) is 5.95. The van der Waals surface area contributed by atoms with Crippen molar-refractivity contribution >= 4 is 17.2 Å². The molecule has 0 bridgehead atoms. The molecule has 0 N–H and O–H groups in total. The maximum atomic E-state index is 12.7. The van der Waals surface area contributed by atoms with Gasteiger partial charge in [0.15, 0.2) is 0 Å². The van der Waals surface area contributed by atoms with Crippen LogP contribution in [0, 0.1) is 11.8 Å². The SMILES string of the molecule is O=C(c1ccsc1)N1C[C@@H](OCC2CCOCC2)[C@@H]2COC[C@@H]21. The van der Waals surface area contributed by atoms with Crippen molar-refractivity contribution in [2.45, 2.75) is 25.0 Å². The Morgan fingerprint density at radius 1 is 1.30 bits per heavy atom.